The summed E-state index contributed by atoms with van der Waals surface area (Å²) in [4.78, 5) is 12.4. The average Bonchev–Trinajstić information content (AvgIpc) is 3.91. The maximum atomic E-state index is 12.4. The third-order valence-electron chi connectivity index (χ3n) is 8.06. The Hall–Kier alpha value is -1.29. The maximum Gasteiger partial charge on any atom is 0.335 e. The number of hydroxylamine groups is 1. The molecule has 0 aromatic rings. The minimum absolute atomic E-state index is 0.841. The van der Waals surface area contributed by atoms with E-state index in [1.54, 1.807) is 5.48 Å². The molecule has 6 fully saturated rings. The number of fused-ring (bicyclic) bond motifs is 2. The third kappa shape index (κ3) is 5.78. The second kappa shape index (κ2) is 12.1. The molecule has 11 N–H and O–H groups in total. The average molecular weight is 631 g/mol. The molecule has 6 heterocycles. The number of rotatable bonds is 9. The summed E-state index contributed by atoms with van der Waals surface area (Å²) < 4.78 is 48.7. The highest BCUT2D eigenvalue weighted by Crippen LogP contribution is 2.40. The van der Waals surface area contributed by atoms with E-state index in [-0.39, 0.29) is 0 Å². The lowest BCUT2D eigenvalue weighted by Gasteiger charge is -2.48. The number of epoxide rings is 2. The van der Waals surface area contributed by atoms with Gasteiger partial charge in [0.05, 0.1) is 6.61 Å². The van der Waals surface area contributed by atoms with E-state index in [4.69, 9.17) is 42.6 Å². The molecule has 6 rings (SSSR count). The van der Waals surface area contributed by atoms with Gasteiger partial charge in [-0.3, -0.25) is 0 Å². The number of aliphatic hydroxyl groups excluding tert-OH is 8. The van der Waals surface area contributed by atoms with E-state index < -0.39 is 136 Å². The summed E-state index contributed by atoms with van der Waals surface area (Å²) in [6, 6.07) is 0. The molecule has 21 heteroatoms. The number of carboxylic acids is 1. The van der Waals surface area contributed by atoms with Gasteiger partial charge in [0.15, 0.2) is 43.8 Å². The van der Waals surface area contributed by atoms with Crippen LogP contribution in [0.5, 0.6) is 0 Å². The van der Waals surface area contributed by atoms with Crippen molar-refractivity contribution in [3.63, 3.8) is 0 Å². The van der Waals surface area contributed by atoms with Crippen molar-refractivity contribution >= 4 is 5.97 Å². The molecule has 6 aliphatic heterocycles. The number of ether oxygens (including phenoxy) is 9. The molecule has 0 aromatic heterocycles. The smallest absolute Gasteiger partial charge is 0.335 e. The molecule has 246 valence electrons. The Morgan fingerprint density at radius 3 is 1.81 bits per heavy atom. The molecule has 21 nitrogen and oxygen atoms in total. The molecule has 6 saturated heterocycles. The van der Waals surface area contributed by atoms with Gasteiger partial charge >= 0.3 is 5.97 Å². The monoisotopic (exact) mass is 631 g/mol. The van der Waals surface area contributed by atoms with Gasteiger partial charge in [-0.25, -0.2) is 4.79 Å². The maximum absolute atomic E-state index is 12.4. The summed E-state index contributed by atoms with van der Waals surface area (Å²) in [5.41, 5.74) is 1.76. The molecule has 20 unspecified atom stereocenters. The fraction of sp³-hybridized carbons (Fsp3) is 0.955. The van der Waals surface area contributed by atoms with Crippen LogP contribution in [0.2, 0.25) is 0 Å². The normalized spacial score (nSPS) is 56.1. The van der Waals surface area contributed by atoms with Crippen molar-refractivity contribution in [2.45, 2.75) is 123 Å². The predicted octanol–water partition coefficient (Wildman–Crippen LogP) is -7.66. The van der Waals surface area contributed by atoms with Crippen molar-refractivity contribution in [3.05, 3.63) is 0 Å². The highest BCUT2D eigenvalue weighted by molar-refractivity contribution is 5.73. The molecule has 20 atom stereocenters. The van der Waals surface area contributed by atoms with Crippen LogP contribution in [0, 0.1) is 0 Å². The zero-order valence-corrected chi connectivity index (χ0v) is 21.8. The lowest BCUT2D eigenvalue weighted by molar-refractivity contribution is -0.384. The van der Waals surface area contributed by atoms with Crippen LogP contribution in [0.15, 0.2) is 0 Å². The summed E-state index contributed by atoms with van der Waals surface area (Å²) in [7, 11) is 0. The summed E-state index contributed by atoms with van der Waals surface area (Å²) in [6.45, 7) is -0.841. The van der Waals surface area contributed by atoms with Gasteiger partial charge in [0.2, 0.25) is 0 Å². The number of nitrogens with one attached hydrogen (secondary N) is 1. The molecule has 0 spiro atoms. The molecular weight excluding hydrogens is 598 g/mol. The van der Waals surface area contributed by atoms with Gasteiger partial charge in [-0.2, -0.15) is 5.48 Å². The van der Waals surface area contributed by atoms with Crippen LogP contribution in [-0.2, 0) is 47.4 Å². The van der Waals surface area contributed by atoms with Crippen LogP contribution in [0.25, 0.3) is 0 Å². The van der Waals surface area contributed by atoms with E-state index in [9.17, 15) is 56.0 Å². The summed E-state index contributed by atoms with van der Waals surface area (Å²) in [5.74, 6) is -1.72. The molecule has 43 heavy (non-hydrogen) atoms. The molecule has 0 amide bonds. The number of hydrogen-bond donors (Lipinski definition) is 11. The highest BCUT2D eigenvalue weighted by atomic mass is 16.8. The van der Waals surface area contributed by atoms with Gasteiger partial charge in [-0.05, 0) is 0 Å². The van der Waals surface area contributed by atoms with Crippen molar-refractivity contribution in [2.75, 3.05) is 6.61 Å². The zero-order chi connectivity index (χ0) is 30.9. The molecular formula is C22H33NO20. The fourth-order valence-corrected chi connectivity index (χ4v) is 5.53. The molecule has 0 radical (unpaired) electrons. The van der Waals surface area contributed by atoms with Gasteiger partial charge in [0.25, 0.3) is 0 Å². The number of aliphatic hydroxyl groups is 8. The van der Waals surface area contributed by atoms with Crippen molar-refractivity contribution < 1.29 is 98.6 Å². The Bertz CT molecular complexity index is 1010. The fourth-order valence-electron chi connectivity index (χ4n) is 5.53. The van der Waals surface area contributed by atoms with Crippen molar-refractivity contribution in [1.82, 2.24) is 5.48 Å². The standard InChI is InChI=1S/C22H33NO20/c24-1-2-3(25)4(26)6(28)18(35-2)36-10-9(31)20(37-11-8(30)13-21(39-13)42-16(11)23-34)41-15(17(32)33)14(10)40-19-7(29)5(27)12-22(38-12)43-19/h2-16,18-31,34H,1H2,(H,32,33). The highest BCUT2D eigenvalue weighted by Gasteiger charge is 2.62. The largest absolute Gasteiger partial charge is 0.479 e. The lowest BCUT2D eigenvalue weighted by atomic mass is 9.96. The Balaban J connectivity index is 1.28. The first-order valence-corrected chi connectivity index (χ1v) is 13.3. The quantitative estimate of drug-likeness (QED) is 0.0831. The van der Waals surface area contributed by atoms with Crippen LogP contribution in [0.3, 0.4) is 0 Å². The molecule has 0 aliphatic carbocycles. The molecule has 6 aliphatic rings. The first kappa shape index (κ1) is 31.7. The van der Waals surface area contributed by atoms with Crippen LogP contribution in [0.1, 0.15) is 0 Å². The van der Waals surface area contributed by atoms with Crippen LogP contribution < -0.4 is 5.48 Å². The summed E-state index contributed by atoms with van der Waals surface area (Å²) in [5, 5.41) is 103. The Morgan fingerprint density at radius 2 is 1.16 bits per heavy atom. The van der Waals surface area contributed by atoms with Crippen molar-refractivity contribution in [1.29, 1.82) is 0 Å². The number of hydrogen-bond acceptors (Lipinski definition) is 20. The summed E-state index contributed by atoms with van der Waals surface area (Å²) in [6.07, 6.45) is -32.1. The van der Waals surface area contributed by atoms with Crippen LogP contribution in [0.4, 0.5) is 0 Å². The Morgan fingerprint density at radius 1 is 0.605 bits per heavy atom. The van der Waals surface area contributed by atoms with Crippen LogP contribution >= 0.6 is 0 Å². The number of aliphatic carboxylic acids is 1. The van der Waals surface area contributed by atoms with Gasteiger partial charge < -0.3 is 93.8 Å². The van der Waals surface area contributed by atoms with E-state index in [2.05, 4.69) is 0 Å². The second-order valence-electron chi connectivity index (χ2n) is 10.9. The van der Waals surface area contributed by atoms with Gasteiger partial charge in [-0.15, -0.1) is 0 Å². The first-order valence-electron chi connectivity index (χ1n) is 13.3. The molecule has 0 saturated carbocycles. The SMILES string of the molecule is O=C(O)C1OC(OC2C(NO)OC3OC3C2O)C(O)C(OC2OC(CO)C(O)C(O)C2O)C1OC1OC2OC2C(O)C1O. The Kier molecular flexibility index (Phi) is 8.95. The predicted molar refractivity (Wildman–Crippen MR) is 121 cm³/mol. The number of carbonyl (C=O) groups is 1. The lowest BCUT2D eigenvalue weighted by Crippen LogP contribution is -2.68. The zero-order valence-electron chi connectivity index (χ0n) is 21.8. The topological polar surface area (TPSA) is 321 Å². The van der Waals surface area contributed by atoms with Gasteiger partial charge in [0.1, 0.15) is 79.4 Å². The second-order valence-corrected chi connectivity index (χ2v) is 10.9. The molecule has 0 bridgehead atoms. The van der Waals surface area contributed by atoms with E-state index in [0.717, 1.165) is 0 Å². The van der Waals surface area contributed by atoms with Crippen LogP contribution in [-0.4, -0.2) is 187 Å². The minimum atomic E-state index is -2.11. The van der Waals surface area contributed by atoms with Gasteiger partial charge in [0, 0.05) is 0 Å². The number of carboxylic acid groups (broad SMARTS) is 1. The van der Waals surface area contributed by atoms with E-state index in [1.165, 1.54) is 0 Å². The molecule has 0 aromatic carbocycles. The van der Waals surface area contributed by atoms with Gasteiger partial charge in [-0.1, -0.05) is 0 Å². The minimum Gasteiger partial charge on any atom is -0.479 e. The van der Waals surface area contributed by atoms with E-state index in [1.807, 2.05) is 0 Å². The van der Waals surface area contributed by atoms with Crippen molar-refractivity contribution in [2.24, 2.45) is 0 Å². The van der Waals surface area contributed by atoms with E-state index >= 15 is 0 Å². The van der Waals surface area contributed by atoms with E-state index in [0.29, 0.717) is 0 Å². The summed E-state index contributed by atoms with van der Waals surface area (Å²) >= 11 is 0. The van der Waals surface area contributed by atoms with Crippen molar-refractivity contribution in [3.8, 4) is 0 Å². The Labute approximate surface area is 240 Å². The first-order chi connectivity index (χ1) is 20.4. The third-order valence-corrected chi connectivity index (χ3v) is 8.06.